The van der Waals surface area contributed by atoms with Crippen molar-refractivity contribution in [2.24, 2.45) is 5.92 Å². The number of rotatable bonds is 5. The molecule has 142 valence electrons. The first-order chi connectivity index (χ1) is 13.2. The molecule has 0 amide bonds. The fraction of sp³-hybridized carbons (Fsp3) is 0.381. The molecule has 2 unspecified atom stereocenters. The average Bonchev–Trinajstić information content (AvgIpc) is 3.35. The van der Waals surface area contributed by atoms with Crippen molar-refractivity contribution >= 4 is 5.97 Å². The van der Waals surface area contributed by atoms with E-state index in [0.29, 0.717) is 31.2 Å². The summed E-state index contributed by atoms with van der Waals surface area (Å²) in [6, 6.07) is 13.7. The van der Waals surface area contributed by atoms with Gasteiger partial charge in [0.25, 0.3) is 0 Å². The number of hydrogen-bond donors (Lipinski definition) is 1. The van der Waals surface area contributed by atoms with E-state index in [2.05, 4.69) is 5.32 Å². The highest BCUT2D eigenvalue weighted by Gasteiger charge is 2.51. The third kappa shape index (κ3) is 2.80. The second-order valence-electron chi connectivity index (χ2n) is 6.68. The molecule has 4 rings (SSSR count). The number of nitrogens with one attached hydrogen (secondary N) is 1. The van der Waals surface area contributed by atoms with Gasteiger partial charge in [-0.1, -0.05) is 24.3 Å². The standard InChI is InChI=1S/C21H23NO5/c1-3-25-20(23)16-11-22-12-21(16,15-6-4-5-7-17(15)24-2)14-8-9-18-19(10-14)27-13-26-18/h4-10,16,22H,3,11-13H2,1-2H3. The van der Waals surface area contributed by atoms with E-state index in [1.807, 2.05) is 49.4 Å². The molecule has 0 radical (unpaired) electrons. The van der Waals surface area contributed by atoms with Crippen LogP contribution < -0.4 is 19.5 Å². The molecule has 2 aromatic carbocycles. The van der Waals surface area contributed by atoms with Crippen molar-refractivity contribution in [2.75, 3.05) is 33.6 Å². The molecule has 1 N–H and O–H groups in total. The largest absolute Gasteiger partial charge is 0.496 e. The van der Waals surface area contributed by atoms with Crippen molar-refractivity contribution in [3.8, 4) is 17.2 Å². The minimum Gasteiger partial charge on any atom is -0.496 e. The number of hydrogen-bond acceptors (Lipinski definition) is 6. The Kier molecular flexibility index (Phi) is 4.66. The van der Waals surface area contributed by atoms with E-state index in [-0.39, 0.29) is 18.7 Å². The van der Waals surface area contributed by atoms with Crippen LogP contribution in [-0.2, 0) is 14.9 Å². The second kappa shape index (κ2) is 7.12. The Morgan fingerprint density at radius 2 is 2.04 bits per heavy atom. The van der Waals surface area contributed by atoms with Crippen LogP contribution in [0.1, 0.15) is 18.1 Å². The van der Waals surface area contributed by atoms with Crippen LogP contribution in [0.15, 0.2) is 42.5 Å². The van der Waals surface area contributed by atoms with Crippen molar-refractivity contribution in [1.29, 1.82) is 0 Å². The first kappa shape index (κ1) is 17.7. The van der Waals surface area contributed by atoms with Crippen LogP contribution in [-0.4, -0.2) is 39.6 Å². The van der Waals surface area contributed by atoms with Crippen LogP contribution in [0.2, 0.25) is 0 Å². The van der Waals surface area contributed by atoms with Gasteiger partial charge in [-0.2, -0.15) is 0 Å². The lowest BCUT2D eigenvalue weighted by Crippen LogP contribution is -2.41. The lowest BCUT2D eigenvalue weighted by atomic mass is 9.67. The normalized spacial score (nSPS) is 23.3. The van der Waals surface area contributed by atoms with Crippen molar-refractivity contribution < 1.29 is 23.7 Å². The Bertz CT molecular complexity index is 852. The van der Waals surface area contributed by atoms with Crippen LogP contribution in [0, 0.1) is 5.92 Å². The predicted octanol–water partition coefficient (Wildman–Crippen LogP) is 2.49. The third-order valence-electron chi connectivity index (χ3n) is 5.39. The molecule has 2 heterocycles. The molecule has 2 aromatic rings. The lowest BCUT2D eigenvalue weighted by molar-refractivity contribution is -0.148. The van der Waals surface area contributed by atoms with Crippen molar-refractivity contribution in [1.82, 2.24) is 5.32 Å². The number of carbonyl (C=O) groups is 1. The van der Waals surface area contributed by atoms with Crippen LogP contribution in [0.3, 0.4) is 0 Å². The van der Waals surface area contributed by atoms with E-state index in [1.54, 1.807) is 7.11 Å². The number of esters is 1. The van der Waals surface area contributed by atoms with Crippen LogP contribution >= 0.6 is 0 Å². The Morgan fingerprint density at radius 3 is 2.85 bits per heavy atom. The highest BCUT2D eigenvalue weighted by Crippen LogP contribution is 2.48. The molecule has 1 saturated heterocycles. The number of benzene rings is 2. The summed E-state index contributed by atoms with van der Waals surface area (Å²) in [5.74, 6) is 1.55. The summed E-state index contributed by atoms with van der Waals surface area (Å²) in [5, 5.41) is 3.39. The Morgan fingerprint density at radius 1 is 1.22 bits per heavy atom. The summed E-state index contributed by atoms with van der Waals surface area (Å²) in [5.41, 5.74) is 1.30. The van der Waals surface area contributed by atoms with E-state index < -0.39 is 5.41 Å². The van der Waals surface area contributed by atoms with E-state index in [4.69, 9.17) is 18.9 Å². The number of para-hydroxylation sites is 1. The van der Waals surface area contributed by atoms with Crippen molar-refractivity contribution in [3.63, 3.8) is 0 Å². The minimum atomic E-state index is -0.625. The Labute approximate surface area is 158 Å². The van der Waals surface area contributed by atoms with Gasteiger partial charge in [0.2, 0.25) is 6.79 Å². The fourth-order valence-electron chi connectivity index (χ4n) is 4.17. The molecule has 0 spiro atoms. The maximum atomic E-state index is 12.9. The van der Waals surface area contributed by atoms with Gasteiger partial charge in [0, 0.05) is 18.7 Å². The van der Waals surface area contributed by atoms with E-state index >= 15 is 0 Å². The Balaban J connectivity index is 1.91. The summed E-state index contributed by atoms with van der Waals surface area (Å²) in [7, 11) is 1.65. The highest BCUT2D eigenvalue weighted by molar-refractivity contribution is 5.78. The molecule has 0 aromatic heterocycles. The predicted molar refractivity (Wildman–Crippen MR) is 99.3 cm³/mol. The van der Waals surface area contributed by atoms with Crippen LogP contribution in [0.4, 0.5) is 0 Å². The summed E-state index contributed by atoms with van der Waals surface area (Å²) in [6.45, 7) is 3.51. The number of methoxy groups -OCH3 is 1. The molecule has 1 fully saturated rings. The topological polar surface area (TPSA) is 66.0 Å². The fourth-order valence-corrected chi connectivity index (χ4v) is 4.17. The molecule has 0 saturated carbocycles. The monoisotopic (exact) mass is 369 g/mol. The zero-order chi connectivity index (χ0) is 18.9. The number of carbonyl (C=O) groups excluding carboxylic acids is 1. The molecule has 6 heteroatoms. The third-order valence-corrected chi connectivity index (χ3v) is 5.39. The van der Waals surface area contributed by atoms with Gasteiger partial charge in [-0.05, 0) is 30.7 Å². The van der Waals surface area contributed by atoms with Crippen LogP contribution in [0.5, 0.6) is 17.2 Å². The van der Waals surface area contributed by atoms with Gasteiger partial charge in [-0.3, -0.25) is 4.79 Å². The minimum absolute atomic E-state index is 0.208. The van der Waals surface area contributed by atoms with Gasteiger partial charge in [-0.15, -0.1) is 0 Å². The highest BCUT2D eigenvalue weighted by atomic mass is 16.7. The summed E-state index contributed by atoms with van der Waals surface area (Å²) < 4.78 is 22.1. The molecule has 2 aliphatic heterocycles. The Hall–Kier alpha value is -2.73. The van der Waals surface area contributed by atoms with Crippen LogP contribution in [0.25, 0.3) is 0 Å². The summed E-state index contributed by atoms with van der Waals surface area (Å²) in [4.78, 5) is 12.9. The zero-order valence-electron chi connectivity index (χ0n) is 15.5. The first-order valence-electron chi connectivity index (χ1n) is 9.11. The molecule has 6 nitrogen and oxygen atoms in total. The number of ether oxygens (including phenoxy) is 4. The molecular formula is C21H23NO5. The van der Waals surface area contributed by atoms with Gasteiger partial charge in [-0.25, -0.2) is 0 Å². The maximum Gasteiger partial charge on any atom is 0.311 e. The SMILES string of the molecule is CCOC(=O)C1CNCC1(c1ccc2c(c1)OCO2)c1ccccc1OC. The van der Waals surface area contributed by atoms with Crippen molar-refractivity contribution in [2.45, 2.75) is 12.3 Å². The van der Waals surface area contributed by atoms with Gasteiger partial charge < -0.3 is 24.3 Å². The molecule has 2 aliphatic rings. The van der Waals surface area contributed by atoms with Gasteiger partial charge in [0.05, 0.1) is 25.0 Å². The smallest absolute Gasteiger partial charge is 0.311 e. The average molecular weight is 369 g/mol. The van der Waals surface area contributed by atoms with Gasteiger partial charge in [0.15, 0.2) is 11.5 Å². The first-order valence-corrected chi connectivity index (χ1v) is 9.11. The summed E-state index contributed by atoms with van der Waals surface area (Å²) in [6.07, 6.45) is 0. The lowest BCUT2D eigenvalue weighted by Gasteiger charge is -2.35. The quantitative estimate of drug-likeness (QED) is 0.817. The second-order valence-corrected chi connectivity index (χ2v) is 6.68. The summed E-state index contributed by atoms with van der Waals surface area (Å²) >= 11 is 0. The zero-order valence-corrected chi connectivity index (χ0v) is 15.5. The number of fused-ring (bicyclic) bond motifs is 1. The van der Waals surface area contributed by atoms with E-state index in [9.17, 15) is 4.79 Å². The molecule has 27 heavy (non-hydrogen) atoms. The molecular weight excluding hydrogens is 346 g/mol. The van der Waals surface area contributed by atoms with Gasteiger partial charge >= 0.3 is 5.97 Å². The molecule has 0 aliphatic carbocycles. The molecule has 2 atom stereocenters. The van der Waals surface area contributed by atoms with Crippen molar-refractivity contribution in [3.05, 3.63) is 53.6 Å². The van der Waals surface area contributed by atoms with E-state index in [0.717, 1.165) is 16.9 Å². The van der Waals surface area contributed by atoms with E-state index in [1.165, 1.54) is 0 Å². The molecule has 0 bridgehead atoms. The van der Waals surface area contributed by atoms with Gasteiger partial charge in [0.1, 0.15) is 5.75 Å². The maximum absolute atomic E-state index is 12.9.